The molecule has 1 amide bonds. The number of carbonyl (C=O) groups is 1. The first-order chi connectivity index (χ1) is 9.76. The van der Waals surface area contributed by atoms with E-state index in [2.05, 4.69) is 16.3 Å². The fourth-order valence-electron chi connectivity index (χ4n) is 2.48. The molecular formula is C15H25Cl2N3O2. The molecule has 7 heteroatoms. The van der Waals surface area contributed by atoms with Gasteiger partial charge >= 0.3 is 0 Å². The molecule has 1 aromatic rings. The third-order valence-electron chi connectivity index (χ3n) is 3.65. The van der Waals surface area contributed by atoms with Crippen molar-refractivity contribution < 1.29 is 9.53 Å². The summed E-state index contributed by atoms with van der Waals surface area (Å²) in [7, 11) is 3.56. The molecule has 0 aromatic heterocycles. The van der Waals surface area contributed by atoms with Crippen molar-refractivity contribution in [3.05, 3.63) is 24.3 Å². The lowest BCUT2D eigenvalue weighted by molar-refractivity contribution is -0.131. The van der Waals surface area contributed by atoms with Crippen LogP contribution in [0.1, 0.15) is 6.42 Å². The topological polar surface area (TPSA) is 44.8 Å². The van der Waals surface area contributed by atoms with Crippen molar-refractivity contribution in [3.63, 3.8) is 0 Å². The van der Waals surface area contributed by atoms with E-state index in [0.717, 1.165) is 44.2 Å². The highest BCUT2D eigenvalue weighted by Gasteiger charge is 2.22. The Morgan fingerprint density at radius 3 is 2.41 bits per heavy atom. The molecule has 22 heavy (non-hydrogen) atoms. The Labute approximate surface area is 144 Å². The van der Waals surface area contributed by atoms with E-state index in [4.69, 9.17) is 4.74 Å². The number of halogens is 2. The van der Waals surface area contributed by atoms with Gasteiger partial charge in [-0.05, 0) is 19.2 Å². The maximum Gasteiger partial charge on any atom is 0.223 e. The van der Waals surface area contributed by atoms with E-state index in [9.17, 15) is 4.79 Å². The lowest BCUT2D eigenvalue weighted by atomic mass is 10.2. The smallest absolute Gasteiger partial charge is 0.223 e. The van der Waals surface area contributed by atoms with Gasteiger partial charge in [-0.2, -0.15) is 0 Å². The van der Waals surface area contributed by atoms with Gasteiger partial charge < -0.3 is 19.9 Å². The predicted octanol–water partition coefficient (Wildman–Crippen LogP) is 1.80. The van der Waals surface area contributed by atoms with Crippen molar-refractivity contribution in [2.24, 2.45) is 0 Å². The molecule has 2 rings (SSSR count). The third-order valence-corrected chi connectivity index (χ3v) is 3.65. The van der Waals surface area contributed by atoms with Crippen molar-refractivity contribution >= 4 is 36.4 Å². The summed E-state index contributed by atoms with van der Waals surface area (Å²) in [6.45, 7) is 4.00. The Morgan fingerprint density at radius 2 is 1.82 bits per heavy atom. The molecule has 0 spiro atoms. The van der Waals surface area contributed by atoms with Gasteiger partial charge in [0.15, 0.2) is 0 Å². The average molecular weight is 350 g/mol. The standard InChI is InChI=1S/C15H23N3O2.2ClH/c1-16-8-7-15(19)18-11-9-17(10-12-18)13-5-3-4-6-14(13)20-2;;/h3-6,16H,7-12H2,1-2H3;2*1H. The number of hydrogen-bond donors (Lipinski definition) is 1. The number of piperazine rings is 1. The molecule has 0 atom stereocenters. The van der Waals surface area contributed by atoms with Gasteiger partial charge in [0, 0.05) is 39.1 Å². The highest BCUT2D eigenvalue weighted by atomic mass is 35.5. The Hall–Kier alpha value is -1.17. The van der Waals surface area contributed by atoms with Gasteiger partial charge in [0.1, 0.15) is 5.75 Å². The fraction of sp³-hybridized carbons (Fsp3) is 0.533. The van der Waals surface area contributed by atoms with Crippen LogP contribution >= 0.6 is 24.8 Å². The van der Waals surface area contributed by atoms with Crippen molar-refractivity contribution in [1.82, 2.24) is 10.2 Å². The van der Waals surface area contributed by atoms with Crippen molar-refractivity contribution in [1.29, 1.82) is 0 Å². The van der Waals surface area contributed by atoms with E-state index in [-0.39, 0.29) is 30.7 Å². The lowest BCUT2D eigenvalue weighted by Crippen LogP contribution is -2.49. The van der Waals surface area contributed by atoms with E-state index in [0.29, 0.717) is 6.42 Å². The molecule has 1 fully saturated rings. The number of methoxy groups -OCH3 is 1. The van der Waals surface area contributed by atoms with Gasteiger partial charge in [-0.3, -0.25) is 4.79 Å². The Bertz CT molecular complexity index is 452. The first-order valence-corrected chi connectivity index (χ1v) is 7.06. The van der Waals surface area contributed by atoms with Crippen LogP contribution in [0.15, 0.2) is 24.3 Å². The molecule has 5 nitrogen and oxygen atoms in total. The van der Waals surface area contributed by atoms with Crippen LogP contribution in [-0.4, -0.2) is 57.7 Å². The van der Waals surface area contributed by atoms with Crippen molar-refractivity contribution in [2.45, 2.75) is 6.42 Å². The minimum Gasteiger partial charge on any atom is -0.495 e. The molecule has 0 radical (unpaired) electrons. The summed E-state index contributed by atoms with van der Waals surface area (Å²) < 4.78 is 5.40. The number of para-hydroxylation sites is 2. The second-order valence-electron chi connectivity index (χ2n) is 4.89. The van der Waals surface area contributed by atoms with Crippen LogP contribution in [0, 0.1) is 0 Å². The molecule has 0 bridgehead atoms. The normalized spacial score (nSPS) is 13.9. The van der Waals surface area contributed by atoms with E-state index in [1.807, 2.05) is 30.1 Å². The number of ether oxygens (including phenoxy) is 1. The Kier molecular flexibility index (Phi) is 9.98. The maximum atomic E-state index is 12.0. The molecule has 1 heterocycles. The van der Waals surface area contributed by atoms with E-state index in [1.165, 1.54) is 0 Å². The molecule has 1 aliphatic heterocycles. The number of nitrogens with zero attached hydrogens (tertiary/aromatic N) is 2. The Balaban J connectivity index is 0.00000220. The van der Waals surface area contributed by atoms with E-state index >= 15 is 0 Å². The number of amides is 1. The van der Waals surface area contributed by atoms with Crippen LogP contribution in [0.5, 0.6) is 5.75 Å². The molecule has 0 unspecified atom stereocenters. The van der Waals surface area contributed by atoms with Gasteiger partial charge in [0.05, 0.1) is 12.8 Å². The van der Waals surface area contributed by atoms with Crippen LogP contribution < -0.4 is 15.0 Å². The maximum absolute atomic E-state index is 12.0. The number of hydrogen-bond acceptors (Lipinski definition) is 4. The van der Waals surface area contributed by atoms with Gasteiger partial charge in [-0.15, -0.1) is 24.8 Å². The zero-order valence-corrected chi connectivity index (χ0v) is 14.7. The van der Waals surface area contributed by atoms with Gasteiger partial charge in [0.2, 0.25) is 5.91 Å². The highest BCUT2D eigenvalue weighted by molar-refractivity contribution is 5.85. The summed E-state index contributed by atoms with van der Waals surface area (Å²) >= 11 is 0. The monoisotopic (exact) mass is 349 g/mol. The van der Waals surface area contributed by atoms with Gasteiger partial charge in [-0.25, -0.2) is 0 Å². The summed E-state index contributed by atoms with van der Waals surface area (Å²) in [5.74, 6) is 1.13. The van der Waals surface area contributed by atoms with Crippen molar-refractivity contribution in [2.75, 3.05) is 51.8 Å². The zero-order valence-electron chi connectivity index (χ0n) is 13.1. The number of rotatable bonds is 5. The first-order valence-electron chi connectivity index (χ1n) is 7.06. The molecule has 0 saturated carbocycles. The highest BCUT2D eigenvalue weighted by Crippen LogP contribution is 2.28. The lowest BCUT2D eigenvalue weighted by Gasteiger charge is -2.36. The first kappa shape index (κ1) is 20.8. The van der Waals surface area contributed by atoms with Crippen LogP contribution in [0.4, 0.5) is 5.69 Å². The van der Waals surface area contributed by atoms with E-state index in [1.54, 1.807) is 7.11 Å². The quantitative estimate of drug-likeness (QED) is 0.880. The number of carbonyl (C=O) groups excluding carboxylic acids is 1. The summed E-state index contributed by atoms with van der Waals surface area (Å²) in [5, 5.41) is 3.01. The minimum absolute atomic E-state index is 0. The minimum atomic E-state index is 0. The van der Waals surface area contributed by atoms with E-state index < -0.39 is 0 Å². The number of benzene rings is 1. The third kappa shape index (κ3) is 5.23. The van der Waals surface area contributed by atoms with Crippen LogP contribution in [0.2, 0.25) is 0 Å². The van der Waals surface area contributed by atoms with Crippen LogP contribution in [0.25, 0.3) is 0 Å². The molecule has 1 aliphatic rings. The van der Waals surface area contributed by atoms with Crippen molar-refractivity contribution in [3.8, 4) is 5.75 Å². The number of anilines is 1. The largest absolute Gasteiger partial charge is 0.495 e. The molecule has 1 aromatic carbocycles. The summed E-state index contributed by atoms with van der Waals surface area (Å²) in [6.07, 6.45) is 0.575. The van der Waals surface area contributed by atoms with Crippen LogP contribution in [-0.2, 0) is 4.79 Å². The summed E-state index contributed by atoms with van der Waals surface area (Å²) in [6, 6.07) is 8.03. The molecular weight excluding hydrogens is 325 g/mol. The SMILES string of the molecule is CNCCC(=O)N1CCN(c2ccccc2OC)CC1.Cl.Cl. The fourth-order valence-corrected chi connectivity index (χ4v) is 2.48. The number of nitrogens with one attached hydrogen (secondary N) is 1. The van der Waals surface area contributed by atoms with Crippen LogP contribution in [0.3, 0.4) is 0 Å². The predicted molar refractivity (Wildman–Crippen MR) is 94.8 cm³/mol. The summed E-state index contributed by atoms with van der Waals surface area (Å²) in [5.41, 5.74) is 1.11. The second kappa shape index (κ2) is 10.5. The Morgan fingerprint density at radius 1 is 1.18 bits per heavy atom. The molecule has 1 N–H and O–H groups in total. The summed E-state index contributed by atoms with van der Waals surface area (Å²) in [4.78, 5) is 16.2. The second-order valence-corrected chi connectivity index (χ2v) is 4.89. The average Bonchev–Trinajstić information content (AvgIpc) is 2.52. The molecule has 1 saturated heterocycles. The van der Waals surface area contributed by atoms with Gasteiger partial charge in [0.25, 0.3) is 0 Å². The molecule has 0 aliphatic carbocycles. The van der Waals surface area contributed by atoms with Gasteiger partial charge in [-0.1, -0.05) is 12.1 Å². The zero-order chi connectivity index (χ0) is 14.4. The molecule has 126 valence electrons.